The Balaban J connectivity index is 2.23. The summed E-state index contributed by atoms with van der Waals surface area (Å²) in [6.45, 7) is 0. The molecule has 0 aliphatic carbocycles. The van der Waals surface area contributed by atoms with Crippen molar-refractivity contribution >= 4 is 21.7 Å². The van der Waals surface area contributed by atoms with Crippen LogP contribution in [-0.2, 0) is 0 Å². The third kappa shape index (κ3) is 2.13. The molecule has 0 spiro atoms. The molecule has 2 aromatic heterocycles. The topological polar surface area (TPSA) is 67.6 Å². The molecular formula is C14H11BrN4. The van der Waals surface area contributed by atoms with E-state index in [2.05, 4.69) is 31.1 Å². The number of benzene rings is 1. The molecule has 0 radical (unpaired) electrons. The summed E-state index contributed by atoms with van der Waals surface area (Å²) >= 11 is 3.54. The summed E-state index contributed by atoms with van der Waals surface area (Å²) in [4.78, 5) is 4.13. The molecule has 3 aromatic rings. The van der Waals surface area contributed by atoms with Crippen LogP contribution in [0.15, 0.2) is 53.3 Å². The number of pyridine rings is 1. The lowest BCUT2D eigenvalue weighted by Crippen LogP contribution is -1.89. The van der Waals surface area contributed by atoms with Gasteiger partial charge in [-0.05, 0) is 12.1 Å². The highest BCUT2D eigenvalue weighted by Crippen LogP contribution is 2.37. The summed E-state index contributed by atoms with van der Waals surface area (Å²) in [6, 6.07) is 11.8. The SMILES string of the molecule is Nc1n[nH]c(-c2ccccc2Br)c1-c1cccnc1. The Morgan fingerprint density at radius 1 is 1.11 bits per heavy atom. The van der Waals surface area contributed by atoms with Gasteiger partial charge in [0.25, 0.3) is 0 Å². The van der Waals surface area contributed by atoms with E-state index in [1.165, 1.54) is 0 Å². The Morgan fingerprint density at radius 3 is 2.68 bits per heavy atom. The van der Waals surface area contributed by atoms with Gasteiger partial charge in [0.2, 0.25) is 0 Å². The van der Waals surface area contributed by atoms with Gasteiger partial charge in [-0.25, -0.2) is 0 Å². The lowest BCUT2D eigenvalue weighted by atomic mass is 10.0. The minimum absolute atomic E-state index is 0.471. The molecule has 3 rings (SSSR count). The third-order valence-corrected chi connectivity index (χ3v) is 3.58. The molecule has 0 aliphatic heterocycles. The van der Waals surface area contributed by atoms with E-state index in [0.717, 1.165) is 26.9 Å². The number of halogens is 1. The Hall–Kier alpha value is -2.14. The van der Waals surface area contributed by atoms with Crippen LogP contribution in [0.5, 0.6) is 0 Å². The first-order chi connectivity index (χ1) is 9.27. The van der Waals surface area contributed by atoms with Gasteiger partial charge in [0.05, 0.1) is 11.3 Å². The van der Waals surface area contributed by atoms with Crippen LogP contribution in [0.1, 0.15) is 0 Å². The molecule has 0 amide bonds. The minimum Gasteiger partial charge on any atom is -0.382 e. The normalized spacial score (nSPS) is 10.6. The number of aromatic nitrogens is 3. The fourth-order valence-corrected chi connectivity index (χ4v) is 2.50. The zero-order valence-corrected chi connectivity index (χ0v) is 11.6. The van der Waals surface area contributed by atoms with Crippen LogP contribution in [0.2, 0.25) is 0 Å². The van der Waals surface area contributed by atoms with Crippen LogP contribution in [0, 0.1) is 0 Å². The highest BCUT2D eigenvalue weighted by atomic mass is 79.9. The molecule has 0 aliphatic rings. The van der Waals surface area contributed by atoms with Crippen molar-refractivity contribution in [3.8, 4) is 22.4 Å². The molecule has 0 saturated carbocycles. The van der Waals surface area contributed by atoms with Gasteiger partial charge in [-0.2, -0.15) is 5.10 Å². The van der Waals surface area contributed by atoms with E-state index >= 15 is 0 Å². The van der Waals surface area contributed by atoms with Crippen molar-refractivity contribution in [2.75, 3.05) is 5.73 Å². The second-order valence-corrected chi connectivity index (χ2v) is 4.93. The second kappa shape index (κ2) is 4.85. The summed E-state index contributed by atoms with van der Waals surface area (Å²) in [7, 11) is 0. The Morgan fingerprint density at radius 2 is 1.95 bits per heavy atom. The summed E-state index contributed by atoms with van der Waals surface area (Å²) < 4.78 is 0.990. The smallest absolute Gasteiger partial charge is 0.153 e. The van der Waals surface area contributed by atoms with Gasteiger partial charge in [-0.15, -0.1) is 0 Å². The maximum atomic E-state index is 5.98. The highest BCUT2D eigenvalue weighted by Gasteiger charge is 2.16. The summed E-state index contributed by atoms with van der Waals surface area (Å²) in [6.07, 6.45) is 3.51. The number of H-pyrrole nitrogens is 1. The standard InChI is InChI=1S/C14H11BrN4/c15-11-6-2-1-5-10(11)13-12(14(16)19-18-13)9-4-3-7-17-8-9/h1-8H,(H3,16,18,19). The number of nitrogens with zero attached hydrogens (tertiary/aromatic N) is 2. The molecule has 1 aromatic carbocycles. The molecule has 2 heterocycles. The molecule has 94 valence electrons. The second-order valence-electron chi connectivity index (χ2n) is 4.08. The van der Waals surface area contributed by atoms with Crippen molar-refractivity contribution < 1.29 is 0 Å². The van der Waals surface area contributed by atoms with Gasteiger partial charge in [0.15, 0.2) is 5.82 Å². The van der Waals surface area contributed by atoms with E-state index in [4.69, 9.17) is 5.73 Å². The Bertz CT molecular complexity index is 706. The van der Waals surface area contributed by atoms with Crippen molar-refractivity contribution in [2.24, 2.45) is 0 Å². The van der Waals surface area contributed by atoms with Crippen LogP contribution in [-0.4, -0.2) is 15.2 Å². The summed E-state index contributed by atoms with van der Waals surface area (Å²) in [5.41, 5.74) is 9.70. The monoisotopic (exact) mass is 314 g/mol. The molecule has 0 fully saturated rings. The van der Waals surface area contributed by atoms with Crippen LogP contribution >= 0.6 is 15.9 Å². The minimum atomic E-state index is 0.471. The maximum Gasteiger partial charge on any atom is 0.153 e. The van der Waals surface area contributed by atoms with E-state index in [1.54, 1.807) is 12.4 Å². The first-order valence-electron chi connectivity index (χ1n) is 5.76. The number of hydrogen-bond acceptors (Lipinski definition) is 3. The molecule has 0 saturated heterocycles. The quantitative estimate of drug-likeness (QED) is 0.761. The lowest BCUT2D eigenvalue weighted by Gasteiger charge is -2.06. The molecular weight excluding hydrogens is 304 g/mol. The highest BCUT2D eigenvalue weighted by molar-refractivity contribution is 9.10. The zero-order valence-electron chi connectivity index (χ0n) is 9.97. The van der Waals surface area contributed by atoms with E-state index in [9.17, 15) is 0 Å². The molecule has 0 unspecified atom stereocenters. The predicted octanol–water partition coefficient (Wildman–Crippen LogP) is 3.48. The molecule has 0 atom stereocenters. The van der Waals surface area contributed by atoms with Gasteiger partial charge in [0.1, 0.15) is 0 Å². The number of rotatable bonds is 2. The fourth-order valence-electron chi connectivity index (χ4n) is 2.02. The molecule has 4 nitrogen and oxygen atoms in total. The van der Waals surface area contributed by atoms with E-state index in [1.807, 2.05) is 36.4 Å². The first-order valence-corrected chi connectivity index (χ1v) is 6.56. The van der Waals surface area contributed by atoms with Crippen molar-refractivity contribution in [1.29, 1.82) is 0 Å². The van der Waals surface area contributed by atoms with Crippen molar-refractivity contribution in [3.63, 3.8) is 0 Å². The molecule has 0 bridgehead atoms. The largest absolute Gasteiger partial charge is 0.382 e. The number of hydrogen-bond donors (Lipinski definition) is 2. The van der Waals surface area contributed by atoms with E-state index < -0.39 is 0 Å². The maximum absolute atomic E-state index is 5.98. The third-order valence-electron chi connectivity index (χ3n) is 2.89. The number of aromatic amines is 1. The average molecular weight is 315 g/mol. The molecule has 5 heteroatoms. The van der Waals surface area contributed by atoms with E-state index in [-0.39, 0.29) is 0 Å². The van der Waals surface area contributed by atoms with Gasteiger partial charge < -0.3 is 5.73 Å². The zero-order chi connectivity index (χ0) is 13.2. The number of nitrogen functional groups attached to an aromatic ring is 1. The van der Waals surface area contributed by atoms with E-state index in [0.29, 0.717) is 5.82 Å². The Labute approximate surface area is 118 Å². The molecule has 3 N–H and O–H groups in total. The van der Waals surface area contributed by atoms with Gasteiger partial charge >= 0.3 is 0 Å². The Kier molecular flexibility index (Phi) is 3.05. The molecule has 19 heavy (non-hydrogen) atoms. The van der Waals surface area contributed by atoms with Crippen molar-refractivity contribution in [1.82, 2.24) is 15.2 Å². The van der Waals surface area contributed by atoms with Gasteiger partial charge in [-0.1, -0.05) is 40.2 Å². The number of anilines is 1. The lowest BCUT2D eigenvalue weighted by molar-refractivity contribution is 1.10. The van der Waals surface area contributed by atoms with Gasteiger partial charge in [0, 0.05) is 28.0 Å². The van der Waals surface area contributed by atoms with Crippen molar-refractivity contribution in [2.45, 2.75) is 0 Å². The average Bonchev–Trinajstić information content (AvgIpc) is 2.82. The van der Waals surface area contributed by atoms with Crippen LogP contribution in [0.25, 0.3) is 22.4 Å². The van der Waals surface area contributed by atoms with Crippen molar-refractivity contribution in [3.05, 3.63) is 53.3 Å². The van der Waals surface area contributed by atoms with Crippen LogP contribution < -0.4 is 5.73 Å². The van der Waals surface area contributed by atoms with Gasteiger partial charge in [-0.3, -0.25) is 10.1 Å². The van der Waals surface area contributed by atoms with Crippen LogP contribution in [0.3, 0.4) is 0 Å². The first kappa shape index (κ1) is 11.9. The summed E-state index contributed by atoms with van der Waals surface area (Å²) in [5, 5.41) is 7.11. The number of nitrogens with one attached hydrogen (secondary N) is 1. The fraction of sp³-hybridized carbons (Fsp3) is 0. The van der Waals surface area contributed by atoms with Crippen LogP contribution in [0.4, 0.5) is 5.82 Å². The summed E-state index contributed by atoms with van der Waals surface area (Å²) in [5.74, 6) is 0.471. The predicted molar refractivity (Wildman–Crippen MR) is 79.4 cm³/mol. The number of nitrogens with two attached hydrogens (primary N) is 1.